The molecule has 5 rings (SSSR count). The Morgan fingerprint density at radius 2 is 1.95 bits per heavy atom. The molecule has 0 radical (unpaired) electrons. The molecule has 222 valence electrons. The topological polar surface area (TPSA) is 190 Å². The number of nitrogens with one attached hydrogen (secondary N) is 2. The second-order valence-electron chi connectivity index (χ2n) is 10.9. The first-order chi connectivity index (χ1) is 20.1. The number of carbonyl (C=O) groups excluding carboxylic acids is 3. The molecule has 42 heavy (non-hydrogen) atoms. The van der Waals surface area contributed by atoms with E-state index in [1.807, 2.05) is 44.2 Å². The molecular weight excluding hydrogens is 538 g/mol. The third kappa shape index (κ3) is 5.55. The molecule has 4 atom stereocenters. The summed E-state index contributed by atoms with van der Waals surface area (Å²) in [4.78, 5) is 37.8. The zero-order chi connectivity index (χ0) is 30.0. The maximum atomic E-state index is 13.6. The zero-order valence-electron chi connectivity index (χ0n) is 23.8. The lowest BCUT2D eigenvalue weighted by atomic mass is 9.77. The van der Waals surface area contributed by atoms with Crippen molar-refractivity contribution >= 4 is 17.9 Å². The number of nitrogens with zero attached hydrogens (tertiary/aromatic N) is 2. The molecule has 0 fully saturated rings. The maximum absolute atomic E-state index is 13.6. The molecule has 0 bridgehead atoms. The van der Waals surface area contributed by atoms with E-state index >= 15 is 0 Å². The second kappa shape index (κ2) is 11.8. The summed E-state index contributed by atoms with van der Waals surface area (Å²) in [6.45, 7) is 5.05. The number of nitrogens with two attached hydrogens (primary N) is 3. The summed E-state index contributed by atoms with van der Waals surface area (Å²) in [5, 5.41) is 10.1. The fraction of sp³-hybridized carbons (Fsp3) is 0.400. The van der Waals surface area contributed by atoms with Crippen LogP contribution in [0.4, 0.5) is 4.79 Å². The Labute approximate surface area is 243 Å². The first-order valence-corrected chi connectivity index (χ1v) is 14.1. The Hall–Kier alpha value is -4.42. The summed E-state index contributed by atoms with van der Waals surface area (Å²) >= 11 is 0. The van der Waals surface area contributed by atoms with Gasteiger partial charge in [-0.3, -0.25) is 14.3 Å². The van der Waals surface area contributed by atoms with Gasteiger partial charge in [-0.2, -0.15) is 5.10 Å². The lowest BCUT2D eigenvalue weighted by molar-refractivity contribution is 0.0766. The van der Waals surface area contributed by atoms with Crippen molar-refractivity contribution in [3.63, 3.8) is 0 Å². The largest absolute Gasteiger partial charge is 0.493 e. The lowest BCUT2D eigenvalue weighted by Crippen LogP contribution is -2.64. The van der Waals surface area contributed by atoms with E-state index in [1.165, 1.54) is 0 Å². The lowest BCUT2D eigenvalue weighted by Gasteiger charge is -2.42. The molecule has 2 aromatic carbocycles. The van der Waals surface area contributed by atoms with E-state index in [-0.39, 0.29) is 24.7 Å². The van der Waals surface area contributed by atoms with Gasteiger partial charge in [-0.25, -0.2) is 4.79 Å². The molecule has 0 unspecified atom stereocenters. The van der Waals surface area contributed by atoms with Gasteiger partial charge in [0.05, 0.1) is 24.9 Å². The van der Waals surface area contributed by atoms with Crippen LogP contribution in [0.15, 0.2) is 48.5 Å². The highest BCUT2D eigenvalue weighted by Gasteiger charge is 2.56. The number of alkyl carbamates (subject to hydrolysis) is 1. The quantitative estimate of drug-likeness (QED) is 0.180. The van der Waals surface area contributed by atoms with Gasteiger partial charge in [0.2, 0.25) is 5.91 Å². The van der Waals surface area contributed by atoms with Gasteiger partial charge in [-0.15, -0.1) is 0 Å². The molecule has 0 saturated heterocycles. The summed E-state index contributed by atoms with van der Waals surface area (Å²) < 4.78 is 13.1. The summed E-state index contributed by atoms with van der Waals surface area (Å²) in [7, 11) is 0. The van der Waals surface area contributed by atoms with E-state index in [4.69, 9.17) is 26.7 Å². The van der Waals surface area contributed by atoms with Gasteiger partial charge in [-0.1, -0.05) is 30.3 Å². The van der Waals surface area contributed by atoms with E-state index in [1.54, 1.807) is 22.9 Å². The van der Waals surface area contributed by atoms with Gasteiger partial charge in [0.15, 0.2) is 0 Å². The number of rotatable bonds is 10. The monoisotopic (exact) mass is 575 g/mol. The van der Waals surface area contributed by atoms with E-state index in [2.05, 4.69) is 15.7 Å². The number of hydrogen-bond donors (Lipinski definition) is 5. The van der Waals surface area contributed by atoms with Crippen LogP contribution in [-0.4, -0.2) is 46.6 Å². The molecule has 1 aliphatic carbocycles. The van der Waals surface area contributed by atoms with Crippen molar-refractivity contribution in [3.8, 4) is 5.75 Å². The molecule has 12 nitrogen and oxygen atoms in total. The molecule has 3 amide bonds. The first kappa shape index (κ1) is 29.1. The third-order valence-electron chi connectivity index (χ3n) is 8.05. The van der Waals surface area contributed by atoms with Gasteiger partial charge >= 0.3 is 6.09 Å². The first-order valence-electron chi connectivity index (χ1n) is 14.1. The minimum absolute atomic E-state index is 0.164. The van der Waals surface area contributed by atoms with Gasteiger partial charge in [0.1, 0.15) is 17.1 Å². The summed E-state index contributed by atoms with van der Waals surface area (Å²) in [5.41, 5.74) is 21.7. The van der Waals surface area contributed by atoms with Crippen LogP contribution in [-0.2, 0) is 17.8 Å². The number of aryl methyl sites for hydroxylation is 2. The SMILES string of the molecule is CCn1nc(C)cc1C(=O)N[C@@]1(N)[C@@H]2c3c(cc(C(N)=O)cc3[C@@H]1N)OC[C@H]2CCCOC(=O)NCc1ccccc1. The number of aromatic nitrogens is 2. The van der Waals surface area contributed by atoms with Crippen LogP contribution in [0.1, 0.15) is 75.0 Å². The van der Waals surface area contributed by atoms with Crippen LogP contribution in [0.2, 0.25) is 0 Å². The molecule has 2 aliphatic rings. The molecular formula is C30H37N7O5. The normalized spacial score (nSPS) is 22.1. The number of hydrogen-bond acceptors (Lipinski definition) is 8. The second-order valence-corrected chi connectivity index (χ2v) is 10.9. The molecule has 12 heteroatoms. The van der Waals surface area contributed by atoms with Gasteiger partial charge in [0, 0.05) is 36.1 Å². The minimum atomic E-state index is -1.40. The Morgan fingerprint density at radius 1 is 1.19 bits per heavy atom. The summed E-state index contributed by atoms with van der Waals surface area (Å²) in [5.74, 6) is -1.13. The van der Waals surface area contributed by atoms with Crippen molar-refractivity contribution in [3.05, 3.63) is 82.2 Å². The van der Waals surface area contributed by atoms with Crippen molar-refractivity contribution in [1.82, 2.24) is 20.4 Å². The smallest absolute Gasteiger partial charge is 0.407 e. The minimum Gasteiger partial charge on any atom is -0.493 e. The van der Waals surface area contributed by atoms with Crippen LogP contribution in [0.5, 0.6) is 5.75 Å². The van der Waals surface area contributed by atoms with Crippen LogP contribution >= 0.6 is 0 Å². The average Bonchev–Trinajstić information content (AvgIpc) is 3.47. The molecule has 1 aromatic heterocycles. The fourth-order valence-corrected chi connectivity index (χ4v) is 6.08. The Kier molecular flexibility index (Phi) is 8.19. The van der Waals surface area contributed by atoms with E-state index in [0.29, 0.717) is 48.6 Å². The highest BCUT2D eigenvalue weighted by atomic mass is 16.5. The molecule has 0 saturated carbocycles. The third-order valence-corrected chi connectivity index (χ3v) is 8.05. The fourth-order valence-electron chi connectivity index (χ4n) is 6.08. The average molecular weight is 576 g/mol. The molecule has 0 spiro atoms. The standard InChI is InChI=1S/C30H37N7O5/c1-3-37-22(12-17(2)36-37)28(39)35-30(33)25-19(10-7-11-41-29(40)34-15-18-8-5-4-6-9-18)16-42-23-14-20(27(32)38)13-21(24(23)25)26(30)31/h4-6,8-9,12-14,19,25-26H,3,7,10-11,15-16,31,33H2,1-2H3,(H2,32,38)(H,34,40)(H,35,39)/t19-,25+,26+,30+/m1/s1. The van der Waals surface area contributed by atoms with Crippen LogP contribution in [0, 0.1) is 12.8 Å². The zero-order valence-corrected chi connectivity index (χ0v) is 23.8. The van der Waals surface area contributed by atoms with Crippen LogP contribution in [0.25, 0.3) is 0 Å². The van der Waals surface area contributed by atoms with Crippen molar-refractivity contribution in [2.45, 2.75) is 57.4 Å². The van der Waals surface area contributed by atoms with Gasteiger partial charge in [0.25, 0.3) is 5.91 Å². The predicted molar refractivity (Wildman–Crippen MR) is 155 cm³/mol. The summed E-state index contributed by atoms with van der Waals surface area (Å²) in [6.07, 6.45) is 0.617. The van der Waals surface area contributed by atoms with Crippen molar-refractivity contribution in [2.75, 3.05) is 13.2 Å². The Bertz CT molecular complexity index is 1490. The van der Waals surface area contributed by atoms with Crippen molar-refractivity contribution in [2.24, 2.45) is 23.1 Å². The number of primary amides is 1. The molecule has 2 heterocycles. The molecule has 8 N–H and O–H groups in total. The molecule has 3 aromatic rings. The van der Waals surface area contributed by atoms with E-state index in [0.717, 1.165) is 11.1 Å². The molecule has 1 aliphatic heterocycles. The highest BCUT2D eigenvalue weighted by Crippen LogP contribution is 2.55. The van der Waals surface area contributed by atoms with Gasteiger partial charge < -0.3 is 37.3 Å². The number of carbonyl (C=O) groups is 3. The van der Waals surface area contributed by atoms with Gasteiger partial charge in [-0.05, 0) is 56.0 Å². The van der Waals surface area contributed by atoms with E-state index in [9.17, 15) is 14.4 Å². The highest BCUT2D eigenvalue weighted by molar-refractivity contribution is 5.95. The number of amides is 3. The maximum Gasteiger partial charge on any atom is 0.407 e. The van der Waals surface area contributed by atoms with Crippen LogP contribution < -0.4 is 32.6 Å². The Morgan fingerprint density at radius 3 is 2.67 bits per heavy atom. The number of benzene rings is 2. The predicted octanol–water partition coefficient (Wildman–Crippen LogP) is 2.21. The van der Waals surface area contributed by atoms with Crippen molar-refractivity contribution < 1.29 is 23.9 Å². The number of ether oxygens (including phenoxy) is 2. The van der Waals surface area contributed by atoms with E-state index < -0.39 is 35.5 Å². The Balaban J connectivity index is 1.33. The summed E-state index contributed by atoms with van der Waals surface area (Å²) in [6, 6.07) is 13.6. The van der Waals surface area contributed by atoms with Crippen LogP contribution in [0.3, 0.4) is 0 Å². The van der Waals surface area contributed by atoms with Crippen molar-refractivity contribution in [1.29, 1.82) is 0 Å².